The SMILES string of the molecule is CCOC(=O)c1coc(Oc2ccc(C)nc2CC)n1. The van der Waals surface area contributed by atoms with E-state index < -0.39 is 5.97 Å². The van der Waals surface area contributed by atoms with E-state index in [4.69, 9.17) is 13.9 Å². The molecule has 0 saturated heterocycles. The average Bonchev–Trinajstić information content (AvgIpc) is 2.89. The zero-order chi connectivity index (χ0) is 14.5. The van der Waals surface area contributed by atoms with E-state index in [2.05, 4.69) is 9.97 Å². The molecular weight excluding hydrogens is 260 g/mol. The van der Waals surface area contributed by atoms with Crippen molar-refractivity contribution in [2.24, 2.45) is 0 Å². The quantitative estimate of drug-likeness (QED) is 0.782. The predicted molar refractivity (Wildman–Crippen MR) is 70.9 cm³/mol. The number of carbonyl (C=O) groups excluding carboxylic acids is 1. The highest BCUT2D eigenvalue weighted by atomic mass is 16.6. The van der Waals surface area contributed by atoms with Gasteiger partial charge in [-0.15, -0.1) is 0 Å². The molecule has 0 bridgehead atoms. The number of aryl methyl sites for hydroxylation is 2. The Morgan fingerprint density at radius 3 is 2.80 bits per heavy atom. The first kappa shape index (κ1) is 14.0. The minimum absolute atomic E-state index is 0.00611. The smallest absolute Gasteiger partial charge is 0.399 e. The predicted octanol–water partition coefficient (Wildman–Crippen LogP) is 2.91. The van der Waals surface area contributed by atoms with Crippen LogP contribution in [0.4, 0.5) is 0 Å². The summed E-state index contributed by atoms with van der Waals surface area (Å²) < 4.78 is 15.4. The van der Waals surface area contributed by atoms with E-state index in [0.717, 1.165) is 17.8 Å². The standard InChI is InChI=1S/C14H16N2O4/c1-4-10-12(7-6-9(3)15-10)20-14-16-11(8-19-14)13(17)18-5-2/h6-8H,4-5H2,1-3H3. The van der Waals surface area contributed by atoms with Crippen LogP contribution in [-0.4, -0.2) is 22.5 Å². The average molecular weight is 276 g/mol. The fourth-order valence-corrected chi connectivity index (χ4v) is 1.64. The highest BCUT2D eigenvalue weighted by Gasteiger charge is 2.15. The molecule has 2 aromatic rings. The van der Waals surface area contributed by atoms with E-state index in [1.807, 2.05) is 19.9 Å². The van der Waals surface area contributed by atoms with E-state index in [1.165, 1.54) is 6.26 Å². The first-order valence-corrected chi connectivity index (χ1v) is 6.41. The number of pyridine rings is 1. The zero-order valence-electron chi connectivity index (χ0n) is 11.7. The lowest BCUT2D eigenvalue weighted by Crippen LogP contribution is -2.04. The Labute approximate surface area is 116 Å². The zero-order valence-corrected chi connectivity index (χ0v) is 11.7. The highest BCUT2D eigenvalue weighted by molar-refractivity contribution is 5.86. The van der Waals surface area contributed by atoms with Crippen molar-refractivity contribution < 1.29 is 18.7 Å². The lowest BCUT2D eigenvalue weighted by atomic mass is 10.2. The fourth-order valence-electron chi connectivity index (χ4n) is 1.64. The van der Waals surface area contributed by atoms with Crippen LogP contribution in [-0.2, 0) is 11.2 Å². The van der Waals surface area contributed by atoms with Crippen LogP contribution < -0.4 is 4.74 Å². The maximum absolute atomic E-state index is 11.5. The Morgan fingerprint density at radius 1 is 1.30 bits per heavy atom. The van der Waals surface area contributed by atoms with Crippen molar-refractivity contribution in [3.8, 4) is 11.8 Å². The number of hydrogen-bond acceptors (Lipinski definition) is 6. The molecule has 2 aromatic heterocycles. The lowest BCUT2D eigenvalue weighted by molar-refractivity contribution is 0.0519. The van der Waals surface area contributed by atoms with Gasteiger partial charge in [0, 0.05) is 5.69 Å². The highest BCUT2D eigenvalue weighted by Crippen LogP contribution is 2.24. The number of esters is 1. The molecule has 0 fully saturated rings. The number of carbonyl (C=O) groups is 1. The van der Waals surface area contributed by atoms with Gasteiger partial charge in [-0.3, -0.25) is 4.98 Å². The minimum Gasteiger partial charge on any atom is -0.461 e. The van der Waals surface area contributed by atoms with Gasteiger partial charge in [0.1, 0.15) is 6.26 Å². The molecule has 0 aliphatic rings. The number of nitrogens with zero attached hydrogens (tertiary/aromatic N) is 2. The number of ether oxygens (including phenoxy) is 2. The normalized spacial score (nSPS) is 10.3. The molecule has 6 nitrogen and oxygen atoms in total. The summed E-state index contributed by atoms with van der Waals surface area (Å²) in [6.45, 7) is 5.89. The lowest BCUT2D eigenvalue weighted by Gasteiger charge is -2.06. The molecule has 106 valence electrons. The summed E-state index contributed by atoms with van der Waals surface area (Å²) in [7, 11) is 0. The third-order valence-electron chi connectivity index (χ3n) is 2.57. The van der Waals surface area contributed by atoms with Crippen LogP contribution in [0.1, 0.15) is 35.7 Å². The first-order valence-electron chi connectivity index (χ1n) is 6.41. The van der Waals surface area contributed by atoms with E-state index in [0.29, 0.717) is 5.75 Å². The second-order valence-electron chi connectivity index (χ2n) is 4.07. The second-order valence-corrected chi connectivity index (χ2v) is 4.07. The molecule has 2 heterocycles. The summed E-state index contributed by atoms with van der Waals surface area (Å²) in [5.41, 5.74) is 1.80. The summed E-state index contributed by atoms with van der Waals surface area (Å²) in [5, 5.41) is 0. The Balaban J connectivity index is 2.16. The van der Waals surface area contributed by atoms with Gasteiger partial charge in [-0.05, 0) is 32.4 Å². The van der Waals surface area contributed by atoms with Crippen LogP contribution in [0.25, 0.3) is 0 Å². The second kappa shape index (κ2) is 6.18. The molecule has 0 atom stereocenters. The number of hydrogen-bond donors (Lipinski definition) is 0. The van der Waals surface area contributed by atoms with Crippen LogP contribution in [0.3, 0.4) is 0 Å². The molecule has 20 heavy (non-hydrogen) atoms. The maximum atomic E-state index is 11.5. The molecule has 2 rings (SSSR count). The Morgan fingerprint density at radius 2 is 2.10 bits per heavy atom. The van der Waals surface area contributed by atoms with Gasteiger partial charge in [-0.1, -0.05) is 6.92 Å². The van der Waals surface area contributed by atoms with E-state index >= 15 is 0 Å². The summed E-state index contributed by atoms with van der Waals surface area (Å²) in [6, 6.07) is 3.64. The van der Waals surface area contributed by atoms with Gasteiger partial charge in [0.25, 0.3) is 0 Å². The fraction of sp³-hybridized carbons (Fsp3) is 0.357. The van der Waals surface area contributed by atoms with Crippen molar-refractivity contribution in [2.75, 3.05) is 6.61 Å². The molecule has 0 unspecified atom stereocenters. The van der Waals surface area contributed by atoms with Gasteiger partial charge in [-0.25, -0.2) is 4.79 Å². The van der Waals surface area contributed by atoms with E-state index in [-0.39, 0.29) is 18.4 Å². The largest absolute Gasteiger partial charge is 0.461 e. The maximum Gasteiger partial charge on any atom is 0.399 e. The molecule has 0 saturated carbocycles. The molecule has 0 radical (unpaired) electrons. The molecule has 0 N–H and O–H groups in total. The minimum atomic E-state index is -0.538. The molecule has 0 aliphatic carbocycles. The van der Waals surface area contributed by atoms with E-state index in [1.54, 1.807) is 13.0 Å². The van der Waals surface area contributed by atoms with Gasteiger partial charge in [0.2, 0.25) is 0 Å². The van der Waals surface area contributed by atoms with Crippen LogP contribution in [0.2, 0.25) is 0 Å². The molecular formula is C14H16N2O4. The third kappa shape index (κ3) is 3.14. The Kier molecular flexibility index (Phi) is 4.34. The Bertz CT molecular complexity index is 607. The monoisotopic (exact) mass is 276 g/mol. The van der Waals surface area contributed by atoms with E-state index in [9.17, 15) is 4.79 Å². The van der Waals surface area contributed by atoms with Crippen LogP contribution in [0.5, 0.6) is 11.8 Å². The first-order chi connectivity index (χ1) is 9.63. The van der Waals surface area contributed by atoms with Crippen molar-refractivity contribution in [3.05, 3.63) is 35.5 Å². The van der Waals surface area contributed by atoms with Gasteiger partial charge in [0.05, 0.1) is 12.3 Å². The molecule has 0 spiro atoms. The number of aromatic nitrogens is 2. The summed E-state index contributed by atoms with van der Waals surface area (Å²) in [6.07, 6.45) is 1.93. The van der Waals surface area contributed by atoms with Crippen LogP contribution in [0, 0.1) is 6.92 Å². The van der Waals surface area contributed by atoms with Crippen molar-refractivity contribution >= 4 is 5.97 Å². The van der Waals surface area contributed by atoms with Gasteiger partial charge >= 0.3 is 12.0 Å². The molecule has 0 aromatic carbocycles. The van der Waals surface area contributed by atoms with Crippen LogP contribution in [0.15, 0.2) is 22.8 Å². The molecule has 6 heteroatoms. The van der Waals surface area contributed by atoms with Crippen LogP contribution >= 0.6 is 0 Å². The number of oxazole rings is 1. The van der Waals surface area contributed by atoms with Gasteiger partial charge in [0.15, 0.2) is 11.4 Å². The summed E-state index contributed by atoms with van der Waals surface area (Å²) >= 11 is 0. The van der Waals surface area contributed by atoms with Crippen molar-refractivity contribution in [2.45, 2.75) is 27.2 Å². The Hall–Kier alpha value is -2.37. The molecule has 0 amide bonds. The topological polar surface area (TPSA) is 74.5 Å². The van der Waals surface area contributed by atoms with Crippen molar-refractivity contribution in [1.82, 2.24) is 9.97 Å². The van der Waals surface area contributed by atoms with Crippen molar-refractivity contribution in [3.63, 3.8) is 0 Å². The summed E-state index contributed by atoms with van der Waals surface area (Å²) in [4.78, 5) is 19.8. The third-order valence-corrected chi connectivity index (χ3v) is 2.57. The number of rotatable bonds is 5. The van der Waals surface area contributed by atoms with Gasteiger partial charge in [-0.2, -0.15) is 4.98 Å². The summed E-state index contributed by atoms with van der Waals surface area (Å²) in [5.74, 6) is 0.0270. The van der Waals surface area contributed by atoms with Gasteiger partial charge < -0.3 is 13.9 Å². The van der Waals surface area contributed by atoms with Crippen molar-refractivity contribution in [1.29, 1.82) is 0 Å². The molecule has 0 aliphatic heterocycles.